The van der Waals surface area contributed by atoms with Crippen LogP contribution in [0, 0.1) is 11.6 Å². The van der Waals surface area contributed by atoms with Crippen LogP contribution in [0.3, 0.4) is 0 Å². The van der Waals surface area contributed by atoms with Crippen molar-refractivity contribution in [2.45, 2.75) is 25.6 Å². The molecule has 0 saturated heterocycles. The predicted molar refractivity (Wildman–Crippen MR) is 108 cm³/mol. The van der Waals surface area contributed by atoms with E-state index in [1.807, 2.05) is 48.5 Å². The fraction of sp³-hybridized carbons (Fsp3) is 0.250. The Hall–Kier alpha value is -2.76. The van der Waals surface area contributed by atoms with Crippen LogP contribution in [0.25, 0.3) is 0 Å². The van der Waals surface area contributed by atoms with Gasteiger partial charge in [-0.25, -0.2) is 8.78 Å². The minimum Gasteiger partial charge on any atom is -0.492 e. The maximum Gasteiger partial charge on any atom is 0.126 e. The molecule has 0 saturated carbocycles. The van der Waals surface area contributed by atoms with Crippen LogP contribution in [-0.2, 0) is 19.5 Å². The van der Waals surface area contributed by atoms with Gasteiger partial charge in [0, 0.05) is 37.7 Å². The summed E-state index contributed by atoms with van der Waals surface area (Å²) in [5.41, 5.74) is 3.45. The van der Waals surface area contributed by atoms with E-state index >= 15 is 0 Å². The number of aliphatic hydroxyl groups excluding tert-OH is 1. The van der Waals surface area contributed by atoms with Gasteiger partial charge in [0.15, 0.2) is 0 Å². The van der Waals surface area contributed by atoms with Gasteiger partial charge >= 0.3 is 0 Å². The van der Waals surface area contributed by atoms with E-state index in [0.717, 1.165) is 28.5 Å². The average molecular weight is 395 g/mol. The van der Waals surface area contributed by atoms with E-state index in [1.165, 1.54) is 12.1 Å². The molecule has 0 fully saturated rings. The molecule has 4 rings (SSSR count). The lowest BCUT2D eigenvalue weighted by atomic mass is 9.99. The molecule has 1 heterocycles. The zero-order valence-electron chi connectivity index (χ0n) is 16.0. The monoisotopic (exact) mass is 395 g/mol. The highest BCUT2D eigenvalue weighted by molar-refractivity contribution is 5.39. The second-order valence-corrected chi connectivity index (χ2v) is 7.41. The van der Waals surface area contributed by atoms with Crippen molar-refractivity contribution < 1.29 is 18.6 Å². The summed E-state index contributed by atoms with van der Waals surface area (Å²) in [4.78, 5) is 2.09. The minimum absolute atomic E-state index is 0.425. The molecule has 1 N–H and O–H groups in total. The number of nitrogens with zero attached hydrogens (tertiary/aromatic N) is 1. The molecular formula is C24H23F2NO2. The van der Waals surface area contributed by atoms with E-state index < -0.39 is 17.7 Å². The van der Waals surface area contributed by atoms with Crippen molar-refractivity contribution in [3.8, 4) is 5.75 Å². The van der Waals surface area contributed by atoms with Gasteiger partial charge in [-0.15, -0.1) is 0 Å². The standard InChI is InChI=1S/C24H23F2NO2/c25-21-10-18(11-22(26)14-21)15-27-8-9-29-24-7-6-19(13-20(24)16-27)23(28)12-17-4-2-1-3-5-17/h1-7,10-11,13-14,23,28H,8-9,12,15-16H2. The van der Waals surface area contributed by atoms with Gasteiger partial charge < -0.3 is 9.84 Å². The maximum atomic E-state index is 13.5. The highest BCUT2D eigenvalue weighted by Gasteiger charge is 2.18. The Balaban J connectivity index is 1.51. The van der Waals surface area contributed by atoms with Gasteiger partial charge in [0.25, 0.3) is 0 Å². The first-order valence-electron chi connectivity index (χ1n) is 9.72. The van der Waals surface area contributed by atoms with Crippen LogP contribution < -0.4 is 4.74 Å². The summed E-state index contributed by atoms with van der Waals surface area (Å²) < 4.78 is 32.9. The van der Waals surface area contributed by atoms with Crippen molar-refractivity contribution in [1.82, 2.24) is 4.90 Å². The first-order chi connectivity index (χ1) is 14.1. The molecule has 1 aliphatic rings. The second kappa shape index (κ2) is 8.72. The molecule has 1 aliphatic heterocycles. The zero-order valence-corrected chi connectivity index (χ0v) is 16.0. The average Bonchev–Trinajstić information content (AvgIpc) is 2.89. The van der Waals surface area contributed by atoms with Gasteiger partial charge in [-0.3, -0.25) is 4.90 Å². The third kappa shape index (κ3) is 5.00. The molecule has 0 aromatic heterocycles. The molecule has 1 unspecified atom stereocenters. The maximum absolute atomic E-state index is 13.5. The third-order valence-corrected chi connectivity index (χ3v) is 5.13. The molecule has 0 aliphatic carbocycles. The van der Waals surface area contributed by atoms with Crippen LogP contribution in [0.15, 0.2) is 66.7 Å². The quantitative estimate of drug-likeness (QED) is 0.683. The normalized spacial score (nSPS) is 15.3. The molecule has 29 heavy (non-hydrogen) atoms. The topological polar surface area (TPSA) is 32.7 Å². The number of hydrogen-bond acceptors (Lipinski definition) is 3. The number of benzene rings is 3. The van der Waals surface area contributed by atoms with E-state index in [4.69, 9.17) is 4.74 Å². The van der Waals surface area contributed by atoms with Gasteiger partial charge in [-0.1, -0.05) is 36.4 Å². The fourth-order valence-corrected chi connectivity index (χ4v) is 3.73. The lowest BCUT2D eigenvalue weighted by Gasteiger charge is -2.20. The summed E-state index contributed by atoms with van der Waals surface area (Å²) in [5, 5.41) is 10.7. The second-order valence-electron chi connectivity index (χ2n) is 7.41. The molecule has 5 heteroatoms. The summed E-state index contributed by atoms with van der Waals surface area (Å²) in [7, 11) is 0. The molecule has 0 bridgehead atoms. The SMILES string of the molecule is OC(Cc1ccccc1)c1ccc2c(c1)CN(Cc1cc(F)cc(F)c1)CCO2. The van der Waals surface area contributed by atoms with E-state index in [1.54, 1.807) is 0 Å². The van der Waals surface area contributed by atoms with Gasteiger partial charge in [0.2, 0.25) is 0 Å². The predicted octanol–water partition coefficient (Wildman–Crippen LogP) is 4.64. The van der Waals surface area contributed by atoms with Crippen molar-refractivity contribution in [3.63, 3.8) is 0 Å². The number of rotatable bonds is 5. The van der Waals surface area contributed by atoms with Crippen molar-refractivity contribution >= 4 is 0 Å². The van der Waals surface area contributed by atoms with Crippen molar-refractivity contribution in [1.29, 1.82) is 0 Å². The third-order valence-electron chi connectivity index (χ3n) is 5.13. The van der Waals surface area contributed by atoms with Crippen molar-refractivity contribution in [2.75, 3.05) is 13.2 Å². The number of fused-ring (bicyclic) bond motifs is 1. The van der Waals surface area contributed by atoms with Gasteiger partial charge in [-0.2, -0.15) is 0 Å². The molecule has 0 radical (unpaired) electrons. The molecule has 1 atom stereocenters. The van der Waals surface area contributed by atoms with E-state index in [0.29, 0.717) is 38.2 Å². The Morgan fingerprint density at radius 3 is 2.45 bits per heavy atom. The van der Waals surface area contributed by atoms with Crippen LogP contribution in [0.4, 0.5) is 8.78 Å². The fourth-order valence-electron chi connectivity index (χ4n) is 3.73. The van der Waals surface area contributed by atoms with Crippen molar-refractivity contribution in [3.05, 3.63) is 101 Å². The van der Waals surface area contributed by atoms with E-state index in [9.17, 15) is 13.9 Å². The summed E-state index contributed by atoms with van der Waals surface area (Å²) in [6, 6.07) is 19.2. The summed E-state index contributed by atoms with van der Waals surface area (Å²) >= 11 is 0. The summed E-state index contributed by atoms with van der Waals surface area (Å²) in [5.74, 6) is -0.357. The van der Waals surface area contributed by atoms with E-state index in [-0.39, 0.29) is 0 Å². The Bertz CT molecular complexity index is 958. The smallest absolute Gasteiger partial charge is 0.126 e. The lowest BCUT2D eigenvalue weighted by molar-refractivity contribution is 0.178. The number of aliphatic hydroxyl groups is 1. The number of ether oxygens (including phenoxy) is 1. The van der Waals surface area contributed by atoms with Crippen LogP contribution in [0.5, 0.6) is 5.75 Å². The Morgan fingerprint density at radius 1 is 0.931 bits per heavy atom. The molecule has 0 amide bonds. The highest BCUT2D eigenvalue weighted by atomic mass is 19.1. The molecule has 3 aromatic carbocycles. The first-order valence-corrected chi connectivity index (χ1v) is 9.72. The zero-order chi connectivity index (χ0) is 20.2. The van der Waals surface area contributed by atoms with Gasteiger partial charge in [-0.05, 0) is 41.0 Å². The van der Waals surface area contributed by atoms with Gasteiger partial charge in [0.05, 0.1) is 6.10 Å². The lowest BCUT2D eigenvalue weighted by Crippen LogP contribution is -2.25. The highest BCUT2D eigenvalue weighted by Crippen LogP contribution is 2.29. The Morgan fingerprint density at radius 2 is 1.69 bits per heavy atom. The molecular weight excluding hydrogens is 372 g/mol. The summed E-state index contributed by atoms with van der Waals surface area (Å²) in [6.07, 6.45) is -0.0797. The van der Waals surface area contributed by atoms with Crippen LogP contribution >= 0.6 is 0 Å². The summed E-state index contributed by atoms with van der Waals surface area (Å²) in [6.45, 7) is 2.15. The van der Waals surface area contributed by atoms with Crippen LogP contribution in [0.1, 0.15) is 28.4 Å². The van der Waals surface area contributed by atoms with Gasteiger partial charge in [0.1, 0.15) is 24.0 Å². The van der Waals surface area contributed by atoms with Crippen LogP contribution in [0.2, 0.25) is 0 Å². The van der Waals surface area contributed by atoms with Crippen molar-refractivity contribution in [2.24, 2.45) is 0 Å². The Kier molecular flexibility index (Phi) is 5.88. The molecule has 3 nitrogen and oxygen atoms in total. The first kappa shape index (κ1) is 19.6. The Labute approximate surface area is 169 Å². The minimum atomic E-state index is -0.614. The van der Waals surface area contributed by atoms with E-state index in [2.05, 4.69) is 4.90 Å². The number of hydrogen-bond donors (Lipinski definition) is 1. The molecule has 150 valence electrons. The molecule has 0 spiro atoms. The molecule has 3 aromatic rings. The van der Waals surface area contributed by atoms with Crippen LogP contribution in [-0.4, -0.2) is 23.2 Å². The largest absolute Gasteiger partial charge is 0.492 e. The number of halogens is 2.